The molecule has 0 atom stereocenters. The van der Waals surface area contributed by atoms with Crippen molar-refractivity contribution >= 4 is 11.9 Å². The number of aliphatic hydroxyl groups is 1. The summed E-state index contributed by atoms with van der Waals surface area (Å²) in [4.78, 5) is 13.1. The molecule has 0 aromatic rings. The SMILES string of the molecule is CCOC1=NC2=CN(CCCO)CN(CC)C2=N1. The maximum atomic E-state index is 8.89. The fourth-order valence-electron chi connectivity index (χ4n) is 2.00. The Morgan fingerprint density at radius 1 is 1.39 bits per heavy atom. The van der Waals surface area contributed by atoms with Crippen LogP contribution in [0.1, 0.15) is 20.3 Å². The Morgan fingerprint density at radius 2 is 2.22 bits per heavy atom. The summed E-state index contributed by atoms with van der Waals surface area (Å²) in [5.74, 6) is 0.890. The van der Waals surface area contributed by atoms with E-state index in [1.807, 2.05) is 13.1 Å². The Labute approximate surface area is 107 Å². The molecular weight excluding hydrogens is 232 g/mol. The molecule has 0 bridgehead atoms. The quantitative estimate of drug-likeness (QED) is 0.779. The molecule has 2 rings (SSSR count). The molecule has 2 heterocycles. The van der Waals surface area contributed by atoms with Gasteiger partial charge in [-0.2, -0.15) is 9.98 Å². The molecule has 6 nitrogen and oxygen atoms in total. The number of likely N-dealkylation sites (N-methyl/N-ethyl adjacent to an activating group) is 1. The van der Waals surface area contributed by atoms with Gasteiger partial charge < -0.3 is 19.6 Å². The minimum atomic E-state index is 0.209. The van der Waals surface area contributed by atoms with Crippen LogP contribution in [0.25, 0.3) is 0 Å². The predicted molar refractivity (Wildman–Crippen MR) is 70.2 cm³/mol. The highest BCUT2D eigenvalue weighted by Gasteiger charge is 2.27. The summed E-state index contributed by atoms with van der Waals surface area (Å²) < 4.78 is 5.34. The normalized spacial score (nSPS) is 18.3. The molecule has 0 aromatic heterocycles. The van der Waals surface area contributed by atoms with Crippen molar-refractivity contribution in [2.75, 3.05) is 33.0 Å². The molecule has 6 heteroatoms. The van der Waals surface area contributed by atoms with Crippen molar-refractivity contribution in [3.05, 3.63) is 11.9 Å². The molecule has 0 fully saturated rings. The number of rotatable bonds is 5. The number of hydrogen-bond donors (Lipinski definition) is 1. The largest absolute Gasteiger partial charge is 0.464 e. The van der Waals surface area contributed by atoms with Gasteiger partial charge in [0.2, 0.25) is 0 Å². The van der Waals surface area contributed by atoms with E-state index in [2.05, 4.69) is 26.7 Å². The highest BCUT2D eigenvalue weighted by Crippen LogP contribution is 2.20. The van der Waals surface area contributed by atoms with Crippen LogP contribution in [-0.4, -0.2) is 59.7 Å². The van der Waals surface area contributed by atoms with Crippen molar-refractivity contribution in [1.82, 2.24) is 9.80 Å². The topological polar surface area (TPSA) is 60.7 Å². The van der Waals surface area contributed by atoms with Gasteiger partial charge in [0.05, 0.1) is 13.3 Å². The zero-order valence-corrected chi connectivity index (χ0v) is 11.0. The Morgan fingerprint density at radius 3 is 2.89 bits per heavy atom. The van der Waals surface area contributed by atoms with E-state index < -0.39 is 0 Å². The second-order valence-corrected chi connectivity index (χ2v) is 4.16. The number of fused-ring (bicyclic) bond motifs is 1. The molecule has 100 valence electrons. The zero-order valence-electron chi connectivity index (χ0n) is 11.0. The first kappa shape index (κ1) is 12.9. The second kappa shape index (κ2) is 5.86. The van der Waals surface area contributed by atoms with E-state index in [4.69, 9.17) is 9.84 Å². The van der Waals surface area contributed by atoms with Gasteiger partial charge >= 0.3 is 6.02 Å². The van der Waals surface area contributed by atoms with Crippen molar-refractivity contribution in [3.63, 3.8) is 0 Å². The molecule has 18 heavy (non-hydrogen) atoms. The smallest absolute Gasteiger partial charge is 0.319 e. The van der Waals surface area contributed by atoms with Gasteiger partial charge in [-0.1, -0.05) is 0 Å². The first-order valence-corrected chi connectivity index (χ1v) is 6.40. The van der Waals surface area contributed by atoms with Gasteiger partial charge in [-0.05, 0) is 20.3 Å². The lowest BCUT2D eigenvalue weighted by Crippen LogP contribution is -2.43. The van der Waals surface area contributed by atoms with Gasteiger partial charge in [0.1, 0.15) is 5.70 Å². The molecular formula is C12H20N4O2. The Balaban J connectivity index is 2.14. The van der Waals surface area contributed by atoms with Crippen molar-refractivity contribution < 1.29 is 9.84 Å². The summed E-state index contributed by atoms with van der Waals surface area (Å²) in [5, 5.41) is 8.89. The van der Waals surface area contributed by atoms with E-state index in [0.29, 0.717) is 12.6 Å². The van der Waals surface area contributed by atoms with Gasteiger partial charge in [0, 0.05) is 25.9 Å². The van der Waals surface area contributed by atoms with Gasteiger partial charge in [-0.15, -0.1) is 0 Å². The van der Waals surface area contributed by atoms with Crippen LogP contribution in [0.5, 0.6) is 0 Å². The van der Waals surface area contributed by atoms with Crippen LogP contribution in [0.2, 0.25) is 0 Å². The van der Waals surface area contributed by atoms with Gasteiger partial charge in [-0.25, -0.2) is 0 Å². The van der Waals surface area contributed by atoms with Crippen LogP contribution >= 0.6 is 0 Å². The van der Waals surface area contributed by atoms with Crippen LogP contribution < -0.4 is 0 Å². The molecule has 2 aliphatic rings. The van der Waals surface area contributed by atoms with Gasteiger partial charge in [-0.3, -0.25) is 0 Å². The standard InChI is InChI=1S/C12H20N4O2/c1-3-16-9-15(6-5-7-17)8-10-11(16)14-12(13-10)18-4-2/h8,17H,3-7,9H2,1-2H3. The summed E-state index contributed by atoms with van der Waals surface area (Å²) in [5.41, 5.74) is 0.851. The van der Waals surface area contributed by atoms with Crippen molar-refractivity contribution in [1.29, 1.82) is 0 Å². The number of hydrogen-bond acceptors (Lipinski definition) is 6. The summed E-state index contributed by atoms with van der Waals surface area (Å²) >= 11 is 0. The van der Waals surface area contributed by atoms with Crippen molar-refractivity contribution in [2.24, 2.45) is 9.98 Å². The fraction of sp³-hybridized carbons (Fsp3) is 0.667. The lowest BCUT2D eigenvalue weighted by atomic mass is 10.3. The molecule has 2 aliphatic heterocycles. The minimum absolute atomic E-state index is 0.209. The first-order valence-electron chi connectivity index (χ1n) is 6.40. The third-order valence-corrected chi connectivity index (χ3v) is 2.86. The fourth-order valence-corrected chi connectivity index (χ4v) is 2.00. The van der Waals surface area contributed by atoms with E-state index in [9.17, 15) is 0 Å². The van der Waals surface area contributed by atoms with Crippen molar-refractivity contribution in [3.8, 4) is 0 Å². The number of aliphatic imine (C=N–C) groups is 2. The highest BCUT2D eigenvalue weighted by atomic mass is 16.5. The summed E-state index contributed by atoms with van der Waals surface area (Å²) in [6, 6.07) is 0.446. The van der Waals surface area contributed by atoms with Crippen molar-refractivity contribution in [2.45, 2.75) is 20.3 Å². The van der Waals surface area contributed by atoms with Crippen LogP contribution in [0.4, 0.5) is 0 Å². The summed E-state index contributed by atoms with van der Waals surface area (Å²) in [6.45, 7) is 7.28. The summed E-state index contributed by atoms with van der Waals surface area (Å²) in [6.07, 6.45) is 2.75. The molecule has 1 N–H and O–H groups in total. The number of nitrogens with zero attached hydrogens (tertiary/aromatic N) is 4. The van der Waals surface area contributed by atoms with Crippen LogP contribution in [0.15, 0.2) is 21.9 Å². The lowest BCUT2D eigenvalue weighted by Gasteiger charge is -2.34. The van der Waals surface area contributed by atoms with Crippen LogP contribution in [-0.2, 0) is 4.74 Å². The van der Waals surface area contributed by atoms with E-state index in [0.717, 1.165) is 37.7 Å². The molecule has 0 aliphatic carbocycles. The van der Waals surface area contributed by atoms with E-state index >= 15 is 0 Å². The van der Waals surface area contributed by atoms with Crippen LogP contribution in [0, 0.1) is 0 Å². The van der Waals surface area contributed by atoms with Crippen LogP contribution in [0.3, 0.4) is 0 Å². The van der Waals surface area contributed by atoms with Gasteiger partial charge in [0.15, 0.2) is 5.84 Å². The highest BCUT2D eigenvalue weighted by molar-refractivity contribution is 6.10. The number of ether oxygens (including phenoxy) is 1. The average molecular weight is 252 g/mol. The molecule has 0 saturated carbocycles. The van der Waals surface area contributed by atoms with Gasteiger partial charge in [0.25, 0.3) is 0 Å². The number of amidine groups is 2. The first-order chi connectivity index (χ1) is 8.78. The molecule has 0 radical (unpaired) electrons. The Kier molecular flexibility index (Phi) is 4.19. The third kappa shape index (κ3) is 2.64. The maximum absolute atomic E-state index is 8.89. The third-order valence-electron chi connectivity index (χ3n) is 2.86. The molecule has 0 amide bonds. The van der Waals surface area contributed by atoms with E-state index in [1.54, 1.807) is 0 Å². The zero-order chi connectivity index (χ0) is 13.0. The predicted octanol–water partition coefficient (Wildman–Crippen LogP) is 0.610. The Bertz CT molecular complexity index is 390. The number of aliphatic hydroxyl groups excluding tert-OH is 1. The second-order valence-electron chi connectivity index (χ2n) is 4.16. The molecule has 0 unspecified atom stereocenters. The minimum Gasteiger partial charge on any atom is -0.464 e. The van der Waals surface area contributed by atoms with E-state index in [1.165, 1.54) is 0 Å². The maximum Gasteiger partial charge on any atom is 0.319 e. The lowest BCUT2D eigenvalue weighted by molar-refractivity contribution is 0.212. The average Bonchev–Trinajstić information content (AvgIpc) is 2.78. The monoisotopic (exact) mass is 252 g/mol. The molecule has 0 spiro atoms. The van der Waals surface area contributed by atoms with E-state index in [-0.39, 0.29) is 6.61 Å². The Hall–Kier alpha value is -1.56. The summed E-state index contributed by atoms with van der Waals surface area (Å²) in [7, 11) is 0. The molecule has 0 saturated heterocycles. The molecule has 0 aromatic carbocycles.